The van der Waals surface area contributed by atoms with E-state index in [1.54, 1.807) is 12.3 Å². The number of thiazole rings is 1. The average molecular weight is 323 g/mol. The molecular weight excluding hydrogens is 306 g/mol. The normalized spacial score (nSPS) is 11.7. The minimum Gasteiger partial charge on any atom is -0.346 e. The number of carbonyl (C=O) groups is 1. The van der Waals surface area contributed by atoms with E-state index in [1.807, 2.05) is 60.8 Å². The SMILES string of the molecule is CC(NC(=O)c1cccc(Nc2nccs2)c1)c1ccccc1. The van der Waals surface area contributed by atoms with Gasteiger partial charge in [0.05, 0.1) is 6.04 Å². The molecule has 3 rings (SSSR count). The van der Waals surface area contributed by atoms with Crippen LogP contribution < -0.4 is 10.6 Å². The van der Waals surface area contributed by atoms with Crippen LogP contribution in [0.5, 0.6) is 0 Å². The lowest BCUT2D eigenvalue weighted by atomic mass is 10.1. The maximum Gasteiger partial charge on any atom is 0.251 e. The minimum atomic E-state index is -0.0934. The van der Waals surface area contributed by atoms with Crippen molar-refractivity contribution >= 4 is 28.1 Å². The number of carbonyl (C=O) groups excluding carboxylic acids is 1. The maximum atomic E-state index is 12.4. The fourth-order valence-corrected chi connectivity index (χ4v) is 2.80. The van der Waals surface area contributed by atoms with E-state index in [-0.39, 0.29) is 11.9 Å². The van der Waals surface area contributed by atoms with Gasteiger partial charge in [0.15, 0.2) is 5.13 Å². The molecule has 0 bridgehead atoms. The second-order valence-electron chi connectivity index (χ2n) is 5.15. The van der Waals surface area contributed by atoms with Gasteiger partial charge in [-0.3, -0.25) is 4.79 Å². The van der Waals surface area contributed by atoms with Crippen LogP contribution in [0.2, 0.25) is 0 Å². The lowest BCUT2D eigenvalue weighted by Crippen LogP contribution is -2.26. The quantitative estimate of drug-likeness (QED) is 0.733. The second kappa shape index (κ2) is 7.07. The summed E-state index contributed by atoms with van der Waals surface area (Å²) in [5.41, 5.74) is 2.55. The summed E-state index contributed by atoms with van der Waals surface area (Å²) >= 11 is 1.52. The number of rotatable bonds is 5. The van der Waals surface area contributed by atoms with Crippen molar-refractivity contribution in [2.24, 2.45) is 0 Å². The summed E-state index contributed by atoms with van der Waals surface area (Å²) in [6.45, 7) is 1.98. The number of nitrogens with one attached hydrogen (secondary N) is 2. The third kappa shape index (κ3) is 3.96. The van der Waals surface area contributed by atoms with Crippen LogP contribution in [0.15, 0.2) is 66.2 Å². The third-order valence-corrected chi connectivity index (χ3v) is 4.14. The van der Waals surface area contributed by atoms with E-state index < -0.39 is 0 Å². The molecule has 1 unspecified atom stereocenters. The Labute approximate surface area is 139 Å². The average Bonchev–Trinajstić information content (AvgIpc) is 3.09. The number of anilines is 2. The summed E-state index contributed by atoms with van der Waals surface area (Å²) in [4.78, 5) is 16.6. The van der Waals surface area contributed by atoms with Gasteiger partial charge in [0, 0.05) is 22.8 Å². The Morgan fingerprint density at radius 3 is 2.70 bits per heavy atom. The predicted molar refractivity (Wildman–Crippen MR) is 94.2 cm³/mol. The van der Waals surface area contributed by atoms with Gasteiger partial charge in [-0.1, -0.05) is 36.4 Å². The van der Waals surface area contributed by atoms with Crippen molar-refractivity contribution in [2.45, 2.75) is 13.0 Å². The number of nitrogens with zero attached hydrogens (tertiary/aromatic N) is 1. The molecule has 1 aromatic heterocycles. The number of aromatic nitrogens is 1. The minimum absolute atomic E-state index is 0.0423. The Balaban J connectivity index is 1.70. The van der Waals surface area contributed by atoms with Crippen molar-refractivity contribution in [1.82, 2.24) is 10.3 Å². The van der Waals surface area contributed by atoms with E-state index in [4.69, 9.17) is 0 Å². The molecule has 0 radical (unpaired) electrons. The van der Waals surface area contributed by atoms with E-state index in [0.29, 0.717) is 5.56 Å². The standard InChI is InChI=1S/C18H17N3OS/c1-13(14-6-3-2-4-7-14)20-17(22)15-8-5-9-16(12-15)21-18-19-10-11-23-18/h2-13H,1H3,(H,19,21)(H,20,22). The number of benzene rings is 2. The van der Waals surface area contributed by atoms with Crippen molar-refractivity contribution in [3.8, 4) is 0 Å². The first kappa shape index (κ1) is 15.2. The number of amides is 1. The highest BCUT2D eigenvalue weighted by Crippen LogP contribution is 2.20. The summed E-state index contributed by atoms with van der Waals surface area (Å²) in [7, 11) is 0. The Kier molecular flexibility index (Phi) is 4.68. The van der Waals surface area contributed by atoms with Gasteiger partial charge in [0.25, 0.3) is 5.91 Å². The van der Waals surface area contributed by atoms with Gasteiger partial charge < -0.3 is 10.6 Å². The number of hydrogen-bond donors (Lipinski definition) is 2. The van der Waals surface area contributed by atoms with Gasteiger partial charge >= 0.3 is 0 Å². The predicted octanol–water partition coefficient (Wildman–Crippen LogP) is 4.38. The Bertz CT molecular complexity index is 772. The summed E-state index contributed by atoms with van der Waals surface area (Å²) in [6.07, 6.45) is 1.74. The van der Waals surface area contributed by atoms with Gasteiger partial charge in [-0.15, -0.1) is 11.3 Å². The molecule has 4 nitrogen and oxygen atoms in total. The van der Waals surface area contributed by atoms with Gasteiger partial charge in [-0.25, -0.2) is 4.98 Å². The molecule has 5 heteroatoms. The van der Waals surface area contributed by atoms with E-state index in [9.17, 15) is 4.79 Å². The molecule has 3 aromatic rings. The van der Waals surface area contributed by atoms with Crippen LogP contribution in [-0.4, -0.2) is 10.9 Å². The lowest BCUT2D eigenvalue weighted by molar-refractivity contribution is 0.0940. The molecule has 0 aliphatic carbocycles. The van der Waals surface area contributed by atoms with Crippen LogP contribution in [0.25, 0.3) is 0 Å². The molecule has 0 saturated heterocycles. The molecule has 0 fully saturated rings. The van der Waals surface area contributed by atoms with Gasteiger partial charge in [-0.05, 0) is 30.7 Å². The molecule has 0 aliphatic rings. The molecule has 1 heterocycles. The van der Waals surface area contributed by atoms with Crippen molar-refractivity contribution < 1.29 is 4.79 Å². The Hall–Kier alpha value is -2.66. The topological polar surface area (TPSA) is 54.0 Å². The van der Waals surface area contributed by atoms with Crippen molar-refractivity contribution in [1.29, 1.82) is 0 Å². The molecule has 1 amide bonds. The molecule has 0 spiro atoms. The lowest BCUT2D eigenvalue weighted by Gasteiger charge is -2.14. The molecule has 0 saturated carbocycles. The fraction of sp³-hybridized carbons (Fsp3) is 0.111. The zero-order chi connectivity index (χ0) is 16.1. The Morgan fingerprint density at radius 1 is 1.13 bits per heavy atom. The summed E-state index contributed by atoms with van der Waals surface area (Å²) in [5, 5.41) is 8.92. The van der Waals surface area contributed by atoms with E-state index in [0.717, 1.165) is 16.4 Å². The summed E-state index contributed by atoms with van der Waals surface area (Å²) < 4.78 is 0. The zero-order valence-electron chi connectivity index (χ0n) is 12.7. The first-order chi connectivity index (χ1) is 11.2. The molecule has 23 heavy (non-hydrogen) atoms. The smallest absolute Gasteiger partial charge is 0.251 e. The fourth-order valence-electron chi connectivity index (χ4n) is 2.25. The summed E-state index contributed by atoms with van der Waals surface area (Å²) in [6, 6.07) is 17.3. The van der Waals surface area contributed by atoms with Crippen LogP contribution in [-0.2, 0) is 0 Å². The van der Waals surface area contributed by atoms with Crippen LogP contribution in [0, 0.1) is 0 Å². The van der Waals surface area contributed by atoms with E-state index in [1.165, 1.54) is 11.3 Å². The largest absolute Gasteiger partial charge is 0.346 e. The van der Waals surface area contributed by atoms with Gasteiger partial charge in [0.2, 0.25) is 0 Å². The summed E-state index contributed by atoms with van der Waals surface area (Å²) in [5.74, 6) is -0.0934. The second-order valence-corrected chi connectivity index (χ2v) is 6.04. The molecule has 2 N–H and O–H groups in total. The highest BCUT2D eigenvalue weighted by molar-refractivity contribution is 7.13. The van der Waals surface area contributed by atoms with Crippen LogP contribution in [0.1, 0.15) is 28.9 Å². The molecule has 0 aliphatic heterocycles. The molecule has 1 atom stereocenters. The highest BCUT2D eigenvalue weighted by atomic mass is 32.1. The maximum absolute atomic E-state index is 12.4. The third-order valence-electron chi connectivity index (χ3n) is 3.46. The highest BCUT2D eigenvalue weighted by Gasteiger charge is 2.11. The van der Waals surface area contributed by atoms with Crippen LogP contribution in [0.4, 0.5) is 10.8 Å². The van der Waals surface area contributed by atoms with Crippen LogP contribution >= 0.6 is 11.3 Å². The first-order valence-corrected chi connectivity index (χ1v) is 8.23. The van der Waals surface area contributed by atoms with E-state index >= 15 is 0 Å². The zero-order valence-corrected chi connectivity index (χ0v) is 13.5. The van der Waals surface area contributed by atoms with Crippen molar-refractivity contribution in [2.75, 3.05) is 5.32 Å². The first-order valence-electron chi connectivity index (χ1n) is 7.35. The van der Waals surface area contributed by atoms with Crippen molar-refractivity contribution in [3.63, 3.8) is 0 Å². The van der Waals surface area contributed by atoms with Crippen LogP contribution in [0.3, 0.4) is 0 Å². The molecule has 116 valence electrons. The molecular formula is C18H17N3OS. The molecule has 2 aromatic carbocycles. The van der Waals surface area contributed by atoms with Crippen molar-refractivity contribution in [3.05, 3.63) is 77.3 Å². The van der Waals surface area contributed by atoms with Gasteiger partial charge in [0.1, 0.15) is 0 Å². The monoisotopic (exact) mass is 323 g/mol. The van der Waals surface area contributed by atoms with E-state index in [2.05, 4.69) is 15.6 Å². The number of hydrogen-bond acceptors (Lipinski definition) is 4. The Morgan fingerprint density at radius 2 is 1.96 bits per heavy atom. The van der Waals surface area contributed by atoms with Gasteiger partial charge in [-0.2, -0.15) is 0 Å².